The van der Waals surface area contributed by atoms with Gasteiger partial charge in [-0.25, -0.2) is 12.8 Å². The molecule has 1 N–H and O–H groups in total. The van der Waals surface area contributed by atoms with Crippen molar-refractivity contribution in [2.24, 2.45) is 5.92 Å². The minimum atomic E-state index is -4.15. The number of nitrogens with zero attached hydrogens (tertiary/aromatic N) is 2. The maximum Gasteiger partial charge on any atom is 0.264 e. The van der Waals surface area contributed by atoms with E-state index in [-0.39, 0.29) is 22.9 Å². The Morgan fingerprint density at radius 2 is 1.46 bits per heavy atom. The number of halogens is 1. The van der Waals surface area contributed by atoms with Gasteiger partial charge < -0.3 is 10.2 Å². The van der Waals surface area contributed by atoms with E-state index in [0.29, 0.717) is 18.7 Å². The van der Waals surface area contributed by atoms with Crippen molar-refractivity contribution in [3.63, 3.8) is 0 Å². The average molecular weight is 554 g/mol. The molecular formula is C30H36FN3O4S. The van der Waals surface area contributed by atoms with Gasteiger partial charge in [-0.2, -0.15) is 0 Å². The molecule has 7 nitrogen and oxygen atoms in total. The fourth-order valence-electron chi connectivity index (χ4n) is 4.13. The van der Waals surface area contributed by atoms with E-state index in [9.17, 15) is 22.4 Å². The standard InChI is InChI=1S/C30H36FN3O4S/c1-5-24-13-10-12-18-28(24)34(39(37,38)26-15-7-6-8-16-26)21-29(35)33(20-25-14-9-11-17-27(25)31)23(4)30(36)32-19-22(2)3/h6-18,22-23H,5,19-21H2,1-4H3,(H,32,36). The predicted octanol–water partition coefficient (Wildman–Crippen LogP) is 4.77. The molecule has 0 saturated heterocycles. The first-order valence-electron chi connectivity index (χ1n) is 13.0. The molecule has 0 aliphatic heterocycles. The van der Waals surface area contributed by atoms with Crippen LogP contribution >= 0.6 is 0 Å². The van der Waals surface area contributed by atoms with Crippen LogP contribution in [0.3, 0.4) is 0 Å². The molecular weight excluding hydrogens is 517 g/mol. The third kappa shape index (κ3) is 7.44. The molecule has 0 aromatic heterocycles. The van der Waals surface area contributed by atoms with E-state index in [4.69, 9.17) is 0 Å². The molecule has 1 atom stereocenters. The molecule has 1 unspecified atom stereocenters. The SMILES string of the molecule is CCc1ccccc1N(CC(=O)N(Cc1ccccc1F)C(C)C(=O)NCC(C)C)S(=O)(=O)c1ccccc1. The molecule has 0 radical (unpaired) electrons. The number of hydrogen-bond donors (Lipinski definition) is 1. The summed E-state index contributed by atoms with van der Waals surface area (Å²) in [6.45, 7) is 7.00. The Kier molecular flexibility index (Phi) is 10.2. The van der Waals surface area contributed by atoms with Crippen LogP contribution in [-0.2, 0) is 32.6 Å². The summed E-state index contributed by atoms with van der Waals surface area (Å²) in [5, 5.41) is 2.82. The lowest BCUT2D eigenvalue weighted by molar-refractivity contribution is -0.139. The number of amides is 2. The fraction of sp³-hybridized carbons (Fsp3) is 0.333. The molecule has 0 heterocycles. The summed E-state index contributed by atoms with van der Waals surface area (Å²) in [5.41, 5.74) is 1.34. The van der Waals surface area contributed by atoms with Gasteiger partial charge in [-0.1, -0.05) is 75.4 Å². The van der Waals surface area contributed by atoms with E-state index >= 15 is 0 Å². The first kappa shape index (κ1) is 29.8. The van der Waals surface area contributed by atoms with Crippen LogP contribution in [-0.4, -0.2) is 44.3 Å². The smallest absolute Gasteiger partial charge is 0.264 e. The second kappa shape index (κ2) is 13.4. The molecule has 2 amide bonds. The van der Waals surface area contributed by atoms with Crippen LogP contribution in [0.4, 0.5) is 10.1 Å². The molecule has 3 aromatic rings. The van der Waals surface area contributed by atoms with Gasteiger partial charge in [0.2, 0.25) is 11.8 Å². The van der Waals surface area contributed by atoms with Gasteiger partial charge in [-0.15, -0.1) is 0 Å². The van der Waals surface area contributed by atoms with Gasteiger partial charge in [0.05, 0.1) is 10.6 Å². The normalized spacial score (nSPS) is 12.2. The van der Waals surface area contributed by atoms with Crippen LogP contribution < -0.4 is 9.62 Å². The molecule has 39 heavy (non-hydrogen) atoms. The fourth-order valence-corrected chi connectivity index (χ4v) is 5.60. The van der Waals surface area contributed by atoms with Crippen LogP contribution in [0.5, 0.6) is 0 Å². The Labute approximate surface area is 230 Å². The monoisotopic (exact) mass is 553 g/mol. The second-order valence-electron chi connectivity index (χ2n) is 9.74. The van der Waals surface area contributed by atoms with Crippen molar-refractivity contribution in [2.45, 2.75) is 51.6 Å². The highest BCUT2D eigenvalue weighted by atomic mass is 32.2. The number of rotatable bonds is 12. The number of anilines is 1. The number of benzene rings is 3. The molecule has 3 rings (SSSR count). The lowest BCUT2D eigenvalue weighted by Gasteiger charge is -2.32. The summed E-state index contributed by atoms with van der Waals surface area (Å²) in [6.07, 6.45) is 0.540. The lowest BCUT2D eigenvalue weighted by Crippen LogP contribution is -2.51. The first-order valence-corrected chi connectivity index (χ1v) is 14.5. The average Bonchev–Trinajstić information content (AvgIpc) is 2.94. The van der Waals surface area contributed by atoms with Crippen molar-refractivity contribution in [2.75, 3.05) is 17.4 Å². The summed E-state index contributed by atoms with van der Waals surface area (Å²) in [5.74, 6) is -1.36. The molecule has 0 aliphatic rings. The van der Waals surface area contributed by atoms with Gasteiger partial charge in [0.15, 0.2) is 0 Å². The Hall–Kier alpha value is -3.72. The van der Waals surface area contributed by atoms with Crippen molar-refractivity contribution in [1.82, 2.24) is 10.2 Å². The van der Waals surface area contributed by atoms with Crippen molar-refractivity contribution in [1.29, 1.82) is 0 Å². The third-order valence-electron chi connectivity index (χ3n) is 6.40. The van der Waals surface area contributed by atoms with Gasteiger partial charge in [0.25, 0.3) is 10.0 Å². The Balaban J connectivity index is 2.05. The Morgan fingerprint density at radius 3 is 2.08 bits per heavy atom. The number of sulfonamides is 1. The molecule has 0 fully saturated rings. The number of carbonyl (C=O) groups is 2. The van der Waals surface area contributed by atoms with Crippen molar-refractivity contribution < 1.29 is 22.4 Å². The number of para-hydroxylation sites is 1. The second-order valence-corrected chi connectivity index (χ2v) is 11.6. The van der Waals surface area contributed by atoms with Crippen molar-refractivity contribution in [3.8, 4) is 0 Å². The topological polar surface area (TPSA) is 86.8 Å². The number of hydrogen-bond acceptors (Lipinski definition) is 4. The first-order chi connectivity index (χ1) is 18.6. The van der Waals surface area contributed by atoms with Gasteiger partial charge in [0.1, 0.15) is 18.4 Å². The molecule has 9 heteroatoms. The van der Waals surface area contributed by atoms with Gasteiger partial charge in [-0.05, 0) is 49.1 Å². The molecule has 0 saturated carbocycles. The minimum Gasteiger partial charge on any atom is -0.354 e. The molecule has 0 bridgehead atoms. The summed E-state index contributed by atoms with van der Waals surface area (Å²) in [4.78, 5) is 28.2. The number of aryl methyl sites for hydroxylation is 1. The zero-order valence-electron chi connectivity index (χ0n) is 22.8. The molecule has 0 spiro atoms. The summed E-state index contributed by atoms with van der Waals surface area (Å²) >= 11 is 0. The van der Waals surface area contributed by atoms with Crippen LogP contribution in [0.25, 0.3) is 0 Å². The van der Waals surface area contributed by atoms with Crippen molar-refractivity contribution in [3.05, 3.63) is 95.8 Å². The van der Waals surface area contributed by atoms with Crippen LogP contribution in [0.15, 0.2) is 83.8 Å². The number of nitrogens with one attached hydrogen (secondary N) is 1. The number of carbonyl (C=O) groups excluding carboxylic acids is 2. The van der Waals surface area contributed by atoms with E-state index in [1.807, 2.05) is 32.9 Å². The molecule has 0 aliphatic carbocycles. The maximum atomic E-state index is 14.6. The van der Waals surface area contributed by atoms with Gasteiger partial charge in [-0.3, -0.25) is 13.9 Å². The van der Waals surface area contributed by atoms with E-state index in [0.717, 1.165) is 9.87 Å². The van der Waals surface area contributed by atoms with Crippen molar-refractivity contribution >= 4 is 27.5 Å². The lowest BCUT2D eigenvalue weighted by atomic mass is 10.1. The highest BCUT2D eigenvalue weighted by molar-refractivity contribution is 7.92. The third-order valence-corrected chi connectivity index (χ3v) is 8.18. The Bertz CT molecular complexity index is 1380. The summed E-state index contributed by atoms with van der Waals surface area (Å²) < 4.78 is 43.4. The van der Waals surface area contributed by atoms with E-state index < -0.39 is 40.2 Å². The van der Waals surface area contributed by atoms with E-state index in [2.05, 4.69) is 5.32 Å². The summed E-state index contributed by atoms with van der Waals surface area (Å²) in [7, 11) is -4.15. The zero-order chi connectivity index (χ0) is 28.6. The van der Waals surface area contributed by atoms with Crippen LogP contribution in [0.1, 0.15) is 38.8 Å². The highest BCUT2D eigenvalue weighted by Crippen LogP contribution is 2.28. The predicted molar refractivity (Wildman–Crippen MR) is 151 cm³/mol. The Morgan fingerprint density at radius 1 is 0.872 bits per heavy atom. The van der Waals surface area contributed by atoms with Gasteiger partial charge in [0, 0.05) is 18.7 Å². The zero-order valence-corrected chi connectivity index (χ0v) is 23.6. The van der Waals surface area contributed by atoms with E-state index in [1.165, 1.54) is 23.1 Å². The van der Waals surface area contributed by atoms with E-state index in [1.54, 1.807) is 55.5 Å². The maximum absolute atomic E-state index is 14.6. The highest BCUT2D eigenvalue weighted by Gasteiger charge is 2.33. The largest absolute Gasteiger partial charge is 0.354 e. The summed E-state index contributed by atoms with van der Waals surface area (Å²) in [6, 6.07) is 19.9. The molecule has 208 valence electrons. The van der Waals surface area contributed by atoms with Crippen LogP contribution in [0, 0.1) is 11.7 Å². The molecule has 3 aromatic carbocycles. The quantitative estimate of drug-likeness (QED) is 0.350. The van der Waals surface area contributed by atoms with Crippen LogP contribution in [0.2, 0.25) is 0 Å². The van der Waals surface area contributed by atoms with Gasteiger partial charge >= 0.3 is 0 Å². The minimum absolute atomic E-state index is 0.0343.